The topological polar surface area (TPSA) is 41.6 Å². The lowest BCUT2D eigenvalue weighted by atomic mass is 9.93. The second-order valence-electron chi connectivity index (χ2n) is 7.80. The van der Waals surface area contributed by atoms with E-state index in [0.29, 0.717) is 17.9 Å². The predicted octanol–water partition coefficient (Wildman–Crippen LogP) is 4.28. The van der Waals surface area contributed by atoms with Gasteiger partial charge in [-0.25, -0.2) is 0 Å². The maximum absolute atomic E-state index is 13.2. The number of aryl methyl sites for hydroxylation is 1. The summed E-state index contributed by atoms with van der Waals surface area (Å²) < 4.78 is 5.44. The van der Waals surface area contributed by atoms with Gasteiger partial charge in [-0.05, 0) is 78.2 Å². The van der Waals surface area contributed by atoms with Crippen LogP contribution in [0.15, 0.2) is 41.1 Å². The molecule has 1 aromatic heterocycles. The van der Waals surface area contributed by atoms with Gasteiger partial charge in [-0.3, -0.25) is 4.79 Å². The van der Waals surface area contributed by atoms with Crippen LogP contribution in [0.4, 0.5) is 0 Å². The summed E-state index contributed by atoms with van der Waals surface area (Å²) in [5, 5.41) is 7.72. The molecule has 1 N–H and O–H groups in total. The predicted molar refractivity (Wildman–Crippen MR) is 116 cm³/mol. The summed E-state index contributed by atoms with van der Waals surface area (Å²) in [5.74, 6) is 1.14. The molecule has 1 spiro atoms. The first-order chi connectivity index (χ1) is 13.2. The van der Waals surface area contributed by atoms with E-state index in [0.717, 1.165) is 37.4 Å². The van der Waals surface area contributed by atoms with Crippen molar-refractivity contribution in [3.8, 4) is 5.75 Å². The Hall–Kier alpha value is -1.56. The van der Waals surface area contributed by atoms with Gasteiger partial charge in [0.25, 0.3) is 0 Å². The van der Waals surface area contributed by atoms with Gasteiger partial charge in [0, 0.05) is 19.0 Å². The van der Waals surface area contributed by atoms with E-state index in [9.17, 15) is 4.79 Å². The molecule has 1 unspecified atom stereocenters. The molecule has 0 radical (unpaired) electrons. The average molecular weight is 421 g/mol. The van der Waals surface area contributed by atoms with Gasteiger partial charge in [0.1, 0.15) is 5.75 Å². The number of halogens is 1. The Balaban J connectivity index is 0.00000225. The number of hydrogen-bond acceptors (Lipinski definition) is 4. The third-order valence-corrected chi connectivity index (χ3v) is 6.91. The fraction of sp³-hybridized carbons (Fsp3) is 0.500. The third kappa shape index (κ3) is 4.53. The third-order valence-electron chi connectivity index (χ3n) is 6.18. The van der Waals surface area contributed by atoms with E-state index in [1.54, 1.807) is 18.4 Å². The first-order valence-electron chi connectivity index (χ1n) is 9.85. The largest absolute Gasteiger partial charge is 0.496 e. The smallest absolute Gasteiger partial charge is 0.223 e. The minimum absolute atomic E-state index is 0. The van der Waals surface area contributed by atoms with Crippen LogP contribution < -0.4 is 10.1 Å². The van der Waals surface area contributed by atoms with E-state index in [-0.39, 0.29) is 18.3 Å². The highest BCUT2D eigenvalue weighted by molar-refractivity contribution is 7.07. The summed E-state index contributed by atoms with van der Waals surface area (Å²) in [6.07, 6.45) is 4.81. The van der Waals surface area contributed by atoms with E-state index < -0.39 is 0 Å². The Labute approximate surface area is 177 Å². The molecular formula is C22H29ClN2O2S. The van der Waals surface area contributed by atoms with Crippen LogP contribution in [-0.4, -0.2) is 37.0 Å². The first kappa shape index (κ1) is 21.2. The molecule has 1 aliphatic carbocycles. The number of thiophene rings is 1. The maximum Gasteiger partial charge on any atom is 0.223 e. The van der Waals surface area contributed by atoms with E-state index in [1.807, 2.05) is 18.2 Å². The van der Waals surface area contributed by atoms with Crippen LogP contribution in [0, 0.1) is 5.41 Å². The molecule has 1 atom stereocenters. The highest BCUT2D eigenvalue weighted by Crippen LogP contribution is 2.56. The van der Waals surface area contributed by atoms with Crippen LogP contribution >= 0.6 is 23.7 Å². The molecule has 2 aromatic rings. The average Bonchev–Trinajstić information content (AvgIpc) is 3.13. The highest BCUT2D eigenvalue weighted by atomic mass is 35.5. The number of hydrogen-bond donors (Lipinski definition) is 1. The normalized spacial score (nSPS) is 19.7. The van der Waals surface area contributed by atoms with Gasteiger partial charge in [0.15, 0.2) is 0 Å². The van der Waals surface area contributed by atoms with Crippen molar-refractivity contribution in [2.24, 2.45) is 5.41 Å². The van der Waals surface area contributed by atoms with Gasteiger partial charge in [-0.2, -0.15) is 11.3 Å². The molecule has 6 heteroatoms. The van der Waals surface area contributed by atoms with E-state index >= 15 is 0 Å². The van der Waals surface area contributed by atoms with Crippen molar-refractivity contribution < 1.29 is 9.53 Å². The molecule has 0 bridgehead atoms. The molecule has 1 aliphatic heterocycles. The zero-order valence-electron chi connectivity index (χ0n) is 16.4. The summed E-state index contributed by atoms with van der Waals surface area (Å²) in [4.78, 5) is 15.4. The molecule has 2 heterocycles. The Morgan fingerprint density at radius 1 is 1.29 bits per heavy atom. The fourth-order valence-electron chi connectivity index (χ4n) is 4.48. The number of benzene rings is 1. The molecule has 28 heavy (non-hydrogen) atoms. The number of nitrogens with one attached hydrogen (secondary N) is 1. The van der Waals surface area contributed by atoms with E-state index in [2.05, 4.69) is 33.1 Å². The Kier molecular flexibility index (Phi) is 7.02. The number of nitrogens with zero attached hydrogens (tertiary/aromatic N) is 1. The Morgan fingerprint density at radius 2 is 2.07 bits per heavy atom. The molecule has 4 nitrogen and oxygen atoms in total. The van der Waals surface area contributed by atoms with E-state index in [4.69, 9.17) is 4.74 Å². The van der Waals surface area contributed by atoms with Crippen LogP contribution in [-0.2, 0) is 17.8 Å². The van der Waals surface area contributed by atoms with Gasteiger partial charge in [0.2, 0.25) is 5.91 Å². The Morgan fingerprint density at radius 3 is 2.79 bits per heavy atom. The second-order valence-corrected chi connectivity index (χ2v) is 8.58. The second kappa shape index (κ2) is 9.29. The standard InChI is InChI=1S/C22H28N2O2S.ClH/c1-26-19-5-3-2-4-18(19)6-7-21(25)24(15-17-8-13-27-16-17)20-14-22(20)9-11-23-12-10-22;/h2-5,8,13,16,20,23H,6-7,9-12,14-15H2,1H3;1H. The molecule has 1 saturated carbocycles. The quantitative estimate of drug-likeness (QED) is 0.726. The number of ether oxygens (including phenoxy) is 1. The molecule has 4 rings (SSSR count). The fourth-order valence-corrected chi connectivity index (χ4v) is 5.13. The van der Waals surface area contributed by atoms with E-state index in [1.165, 1.54) is 24.8 Å². The Bertz CT molecular complexity index is 775. The van der Waals surface area contributed by atoms with Gasteiger partial charge < -0.3 is 15.0 Å². The van der Waals surface area contributed by atoms with Crippen molar-refractivity contribution >= 4 is 29.7 Å². The van der Waals surface area contributed by atoms with Crippen LogP contribution in [0.25, 0.3) is 0 Å². The maximum atomic E-state index is 13.2. The lowest BCUT2D eigenvalue weighted by molar-refractivity contribution is -0.133. The molecule has 2 aliphatic rings. The minimum atomic E-state index is 0. The molecular weight excluding hydrogens is 392 g/mol. The van der Waals surface area contributed by atoms with Crippen LogP contribution in [0.5, 0.6) is 5.75 Å². The number of para-hydroxylation sites is 1. The zero-order valence-corrected chi connectivity index (χ0v) is 18.0. The van der Waals surface area contributed by atoms with Crippen molar-refractivity contribution in [3.63, 3.8) is 0 Å². The lowest BCUT2D eigenvalue weighted by Gasteiger charge is -2.29. The molecule has 1 aromatic carbocycles. The summed E-state index contributed by atoms with van der Waals surface area (Å²) in [7, 11) is 1.69. The van der Waals surface area contributed by atoms with Crippen molar-refractivity contribution in [1.29, 1.82) is 0 Å². The summed E-state index contributed by atoms with van der Waals surface area (Å²) in [5.41, 5.74) is 2.72. The number of carbonyl (C=O) groups is 1. The molecule has 1 amide bonds. The van der Waals surface area contributed by atoms with Gasteiger partial charge in [-0.15, -0.1) is 12.4 Å². The number of piperidine rings is 1. The van der Waals surface area contributed by atoms with Crippen molar-refractivity contribution in [2.45, 2.75) is 44.7 Å². The minimum Gasteiger partial charge on any atom is -0.496 e. The summed E-state index contributed by atoms with van der Waals surface area (Å²) >= 11 is 1.70. The molecule has 1 saturated heterocycles. The van der Waals surface area contributed by atoms with Gasteiger partial charge in [-0.1, -0.05) is 18.2 Å². The lowest BCUT2D eigenvalue weighted by Crippen LogP contribution is -2.39. The highest BCUT2D eigenvalue weighted by Gasteiger charge is 2.57. The van der Waals surface area contributed by atoms with Gasteiger partial charge in [0.05, 0.1) is 7.11 Å². The monoisotopic (exact) mass is 420 g/mol. The molecule has 2 fully saturated rings. The number of carbonyl (C=O) groups excluding carboxylic acids is 1. The number of methoxy groups -OCH3 is 1. The first-order valence-corrected chi connectivity index (χ1v) is 10.8. The zero-order chi connectivity index (χ0) is 18.7. The van der Waals surface area contributed by atoms with Crippen molar-refractivity contribution in [1.82, 2.24) is 10.2 Å². The van der Waals surface area contributed by atoms with Gasteiger partial charge >= 0.3 is 0 Å². The molecule has 152 valence electrons. The van der Waals surface area contributed by atoms with Crippen LogP contribution in [0.1, 0.15) is 36.8 Å². The van der Waals surface area contributed by atoms with Crippen molar-refractivity contribution in [3.05, 3.63) is 52.2 Å². The number of amides is 1. The summed E-state index contributed by atoms with van der Waals surface area (Å²) in [6, 6.07) is 10.6. The summed E-state index contributed by atoms with van der Waals surface area (Å²) in [6.45, 7) is 2.91. The SMILES string of the molecule is COc1ccccc1CCC(=O)N(Cc1ccsc1)C1CC12CCNCC2.Cl. The number of rotatable bonds is 7. The van der Waals surface area contributed by atoms with Crippen molar-refractivity contribution in [2.75, 3.05) is 20.2 Å². The van der Waals surface area contributed by atoms with Crippen LogP contribution in [0.3, 0.4) is 0 Å². The van der Waals surface area contributed by atoms with Crippen LogP contribution in [0.2, 0.25) is 0 Å².